The van der Waals surface area contributed by atoms with Gasteiger partial charge in [-0.3, -0.25) is 9.59 Å². The van der Waals surface area contributed by atoms with Gasteiger partial charge >= 0.3 is 5.97 Å². The number of Topliss-reactive ketones (excluding diaryl/α,β-unsaturated/α-hetero) is 1. The molecule has 0 amide bonds. The van der Waals surface area contributed by atoms with E-state index in [1.54, 1.807) is 50.2 Å². The molecule has 7 nitrogen and oxygen atoms in total. The van der Waals surface area contributed by atoms with Gasteiger partial charge in [0.15, 0.2) is 6.61 Å². The number of carbonyl (C=O) groups is 2. The lowest BCUT2D eigenvalue weighted by Gasteiger charge is -2.10. The molecule has 0 unspecified atom stereocenters. The quantitative estimate of drug-likeness (QED) is 0.508. The van der Waals surface area contributed by atoms with Crippen molar-refractivity contribution in [1.29, 1.82) is 0 Å². The molecule has 0 spiro atoms. The highest BCUT2D eigenvalue weighted by molar-refractivity contribution is 7.89. The molecule has 8 heteroatoms. The Hall–Kier alpha value is -2.71. The van der Waals surface area contributed by atoms with Crippen molar-refractivity contribution in [2.45, 2.75) is 25.2 Å². The van der Waals surface area contributed by atoms with Gasteiger partial charge in [-0.25, -0.2) is 13.1 Å². The number of esters is 1. The molecular weight excluding hydrogens is 382 g/mol. The largest absolute Gasteiger partial charge is 0.496 e. The molecule has 2 aromatic carbocycles. The van der Waals surface area contributed by atoms with E-state index in [2.05, 4.69) is 4.72 Å². The first-order chi connectivity index (χ1) is 13.2. The molecule has 0 radical (unpaired) electrons. The van der Waals surface area contributed by atoms with Crippen LogP contribution in [0.4, 0.5) is 0 Å². The lowest BCUT2D eigenvalue weighted by Crippen LogP contribution is -2.28. The average Bonchev–Trinajstić information content (AvgIpc) is 2.67. The first-order valence-electron chi connectivity index (χ1n) is 8.63. The highest BCUT2D eigenvalue weighted by Crippen LogP contribution is 2.18. The maximum Gasteiger partial charge on any atom is 0.307 e. The fourth-order valence-electron chi connectivity index (χ4n) is 2.53. The van der Waals surface area contributed by atoms with Crippen LogP contribution in [0.2, 0.25) is 0 Å². The number of sulfonamides is 1. The zero-order valence-corrected chi connectivity index (χ0v) is 16.8. The predicted octanol–water partition coefficient (Wildman–Crippen LogP) is 2.41. The number of aryl methyl sites for hydroxylation is 2. The van der Waals surface area contributed by atoms with Gasteiger partial charge in [-0.05, 0) is 43.2 Å². The minimum absolute atomic E-state index is 0.128. The lowest BCUT2D eigenvalue weighted by molar-refractivity contribution is -0.142. The molecule has 0 aromatic heterocycles. The van der Waals surface area contributed by atoms with Crippen LogP contribution in [0.25, 0.3) is 0 Å². The van der Waals surface area contributed by atoms with Crippen LogP contribution in [0.15, 0.2) is 47.4 Å². The SMILES string of the molecule is COc1ccccc1C(=O)COC(=O)CCNS(=O)(=O)c1cc(C)ccc1C. The number of ether oxygens (including phenoxy) is 2. The Labute approximate surface area is 164 Å². The van der Waals surface area contributed by atoms with Gasteiger partial charge < -0.3 is 9.47 Å². The Bertz CT molecular complexity index is 968. The second-order valence-corrected chi connectivity index (χ2v) is 7.94. The van der Waals surface area contributed by atoms with Gasteiger partial charge in [0.05, 0.1) is 24.0 Å². The summed E-state index contributed by atoms with van der Waals surface area (Å²) in [5.74, 6) is -0.682. The molecule has 2 rings (SSSR count). The number of hydrogen-bond acceptors (Lipinski definition) is 6. The van der Waals surface area contributed by atoms with Crippen molar-refractivity contribution in [2.75, 3.05) is 20.3 Å². The number of nitrogens with one attached hydrogen (secondary N) is 1. The average molecular weight is 405 g/mol. The maximum atomic E-state index is 12.4. The molecule has 2 aromatic rings. The van der Waals surface area contributed by atoms with Crippen molar-refractivity contribution in [3.8, 4) is 5.75 Å². The molecule has 0 aliphatic rings. The predicted molar refractivity (Wildman–Crippen MR) is 104 cm³/mol. The summed E-state index contributed by atoms with van der Waals surface area (Å²) in [6.07, 6.45) is -0.191. The van der Waals surface area contributed by atoms with E-state index in [1.165, 1.54) is 7.11 Å². The molecule has 0 aliphatic carbocycles. The van der Waals surface area contributed by atoms with Crippen molar-refractivity contribution in [3.63, 3.8) is 0 Å². The van der Waals surface area contributed by atoms with Crippen LogP contribution >= 0.6 is 0 Å². The summed E-state index contributed by atoms with van der Waals surface area (Å²) in [6, 6.07) is 11.7. The Morgan fingerprint density at radius 2 is 1.79 bits per heavy atom. The van der Waals surface area contributed by atoms with Crippen LogP contribution < -0.4 is 9.46 Å². The van der Waals surface area contributed by atoms with Crippen LogP contribution in [0.1, 0.15) is 27.9 Å². The van der Waals surface area contributed by atoms with Crippen molar-refractivity contribution in [3.05, 3.63) is 59.2 Å². The highest BCUT2D eigenvalue weighted by Gasteiger charge is 2.18. The van der Waals surface area contributed by atoms with Crippen LogP contribution in [0, 0.1) is 13.8 Å². The molecule has 150 valence electrons. The first-order valence-corrected chi connectivity index (χ1v) is 10.1. The van der Waals surface area contributed by atoms with Crippen LogP contribution in [0.3, 0.4) is 0 Å². The number of rotatable bonds is 9. The molecule has 0 heterocycles. The van der Waals surface area contributed by atoms with E-state index in [-0.39, 0.29) is 17.9 Å². The number of carbonyl (C=O) groups excluding carboxylic acids is 2. The third kappa shape index (κ3) is 5.64. The third-order valence-corrected chi connectivity index (χ3v) is 5.63. The molecule has 28 heavy (non-hydrogen) atoms. The van der Waals surface area contributed by atoms with Gasteiger partial charge in [0.25, 0.3) is 0 Å². The van der Waals surface area contributed by atoms with Crippen molar-refractivity contribution < 1.29 is 27.5 Å². The van der Waals surface area contributed by atoms with E-state index in [0.717, 1.165) is 5.56 Å². The van der Waals surface area contributed by atoms with E-state index < -0.39 is 28.4 Å². The van der Waals surface area contributed by atoms with Crippen molar-refractivity contribution in [2.24, 2.45) is 0 Å². The van der Waals surface area contributed by atoms with Gasteiger partial charge in [-0.2, -0.15) is 0 Å². The molecule has 0 saturated carbocycles. The molecule has 0 fully saturated rings. The highest BCUT2D eigenvalue weighted by atomic mass is 32.2. The molecule has 0 saturated heterocycles. The summed E-state index contributed by atoms with van der Waals surface area (Å²) in [5.41, 5.74) is 1.75. The number of benzene rings is 2. The molecule has 1 N–H and O–H groups in total. The maximum absolute atomic E-state index is 12.4. The number of para-hydroxylation sites is 1. The van der Waals surface area contributed by atoms with Crippen molar-refractivity contribution in [1.82, 2.24) is 4.72 Å². The first kappa shape index (κ1) is 21.6. The van der Waals surface area contributed by atoms with Gasteiger partial charge in [-0.1, -0.05) is 24.3 Å². The number of hydrogen-bond donors (Lipinski definition) is 1. The van der Waals surface area contributed by atoms with Gasteiger partial charge in [0.1, 0.15) is 5.75 Å². The monoisotopic (exact) mass is 405 g/mol. The molecule has 0 bridgehead atoms. The second-order valence-electron chi connectivity index (χ2n) is 6.20. The topological polar surface area (TPSA) is 98.8 Å². The van der Waals surface area contributed by atoms with E-state index >= 15 is 0 Å². The van der Waals surface area contributed by atoms with E-state index in [9.17, 15) is 18.0 Å². The number of ketones is 1. The van der Waals surface area contributed by atoms with E-state index in [4.69, 9.17) is 9.47 Å². The van der Waals surface area contributed by atoms with Gasteiger partial charge in [-0.15, -0.1) is 0 Å². The van der Waals surface area contributed by atoms with Gasteiger partial charge in [0, 0.05) is 6.54 Å². The Morgan fingerprint density at radius 3 is 2.50 bits per heavy atom. The molecular formula is C20H23NO6S. The van der Waals surface area contributed by atoms with Crippen LogP contribution in [0.5, 0.6) is 5.75 Å². The summed E-state index contributed by atoms with van der Waals surface area (Å²) >= 11 is 0. The minimum atomic E-state index is -3.73. The van der Waals surface area contributed by atoms with E-state index in [1.807, 2.05) is 6.07 Å². The second kappa shape index (κ2) is 9.48. The van der Waals surface area contributed by atoms with Crippen LogP contribution in [-0.4, -0.2) is 40.4 Å². The van der Waals surface area contributed by atoms with Crippen LogP contribution in [-0.2, 0) is 19.6 Å². The Kier molecular flexibility index (Phi) is 7.31. The summed E-state index contributed by atoms with van der Waals surface area (Å²) < 4.78 is 37.2. The Morgan fingerprint density at radius 1 is 1.07 bits per heavy atom. The molecule has 0 aliphatic heterocycles. The summed E-state index contributed by atoms with van der Waals surface area (Å²) in [6.45, 7) is 2.93. The third-order valence-electron chi connectivity index (χ3n) is 4.03. The summed E-state index contributed by atoms with van der Waals surface area (Å²) in [4.78, 5) is 24.2. The number of methoxy groups -OCH3 is 1. The summed E-state index contributed by atoms with van der Waals surface area (Å²) in [7, 11) is -2.29. The summed E-state index contributed by atoms with van der Waals surface area (Å²) in [5, 5.41) is 0. The zero-order valence-electron chi connectivity index (χ0n) is 16.0. The van der Waals surface area contributed by atoms with Gasteiger partial charge in [0.2, 0.25) is 15.8 Å². The lowest BCUT2D eigenvalue weighted by atomic mass is 10.1. The smallest absolute Gasteiger partial charge is 0.307 e. The fraction of sp³-hybridized carbons (Fsp3) is 0.300. The fourth-order valence-corrected chi connectivity index (χ4v) is 3.89. The van der Waals surface area contributed by atoms with Crippen molar-refractivity contribution >= 4 is 21.8 Å². The Balaban J connectivity index is 1.86. The molecule has 0 atom stereocenters. The normalized spacial score (nSPS) is 11.1. The zero-order chi connectivity index (χ0) is 20.7. The standard InChI is InChI=1S/C20H23NO6S/c1-14-8-9-15(2)19(12-14)28(24,25)21-11-10-20(23)27-13-17(22)16-6-4-5-7-18(16)26-3/h4-9,12,21H,10-11,13H2,1-3H3. The minimum Gasteiger partial charge on any atom is -0.496 e. The van der Waals surface area contributed by atoms with E-state index in [0.29, 0.717) is 16.9 Å².